The largest absolute Gasteiger partial charge is 0.339 e. The molecule has 0 atom stereocenters. The molecule has 0 radical (unpaired) electrons. The van der Waals surface area contributed by atoms with E-state index in [-0.39, 0.29) is 30.5 Å². The van der Waals surface area contributed by atoms with E-state index in [1.807, 2.05) is 11.4 Å². The first kappa shape index (κ1) is 21.4. The fourth-order valence-electron chi connectivity index (χ4n) is 2.94. The molecule has 162 valence electrons. The number of anilines is 2. The van der Waals surface area contributed by atoms with E-state index in [0.717, 1.165) is 0 Å². The molecule has 0 saturated heterocycles. The molecule has 7 nitrogen and oxygen atoms in total. The minimum absolute atomic E-state index is 0.154. The molecule has 0 unspecified atom stereocenters. The van der Waals surface area contributed by atoms with Gasteiger partial charge in [-0.25, -0.2) is 4.39 Å². The Balaban J connectivity index is 1.28. The van der Waals surface area contributed by atoms with E-state index >= 15 is 0 Å². The van der Waals surface area contributed by atoms with Gasteiger partial charge in [-0.3, -0.25) is 9.59 Å². The molecule has 2 amide bonds. The number of nitrogens with one attached hydrogen (secondary N) is 2. The van der Waals surface area contributed by atoms with E-state index in [2.05, 4.69) is 20.8 Å². The van der Waals surface area contributed by atoms with Crippen LogP contribution in [0.25, 0.3) is 11.4 Å². The third-order valence-corrected chi connectivity index (χ3v) is 5.49. The zero-order chi connectivity index (χ0) is 22.5. The van der Waals surface area contributed by atoms with Gasteiger partial charge in [-0.05, 0) is 66.4 Å². The van der Waals surface area contributed by atoms with Crippen molar-refractivity contribution in [1.82, 2.24) is 10.1 Å². The number of amides is 2. The van der Waals surface area contributed by atoms with Gasteiger partial charge in [0, 0.05) is 29.8 Å². The molecule has 0 aliphatic heterocycles. The first-order chi connectivity index (χ1) is 15.5. The summed E-state index contributed by atoms with van der Waals surface area (Å²) in [7, 11) is 0. The van der Waals surface area contributed by atoms with Crippen LogP contribution in [0.5, 0.6) is 0 Å². The van der Waals surface area contributed by atoms with Gasteiger partial charge < -0.3 is 15.2 Å². The van der Waals surface area contributed by atoms with Crippen LogP contribution in [0.4, 0.5) is 15.8 Å². The van der Waals surface area contributed by atoms with Gasteiger partial charge >= 0.3 is 0 Å². The minimum Gasteiger partial charge on any atom is -0.339 e. The lowest BCUT2D eigenvalue weighted by atomic mass is 10.1. The van der Waals surface area contributed by atoms with Gasteiger partial charge in [0.05, 0.1) is 4.88 Å². The highest BCUT2D eigenvalue weighted by atomic mass is 32.1. The monoisotopic (exact) mass is 450 g/mol. The summed E-state index contributed by atoms with van der Waals surface area (Å²) in [6.07, 6.45) is 0.426. The van der Waals surface area contributed by atoms with Gasteiger partial charge in [0.2, 0.25) is 17.6 Å². The van der Waals surface area contributed by atoms with Crippen molar-refractivity contribution >= 4 is 34.5 Å². The number of nitrogens with zero attached hydrogens (tertiary/aromatic N) is 2. The van der Waals surface area contributed by atoms with Gasteiger partial charge in [-0.15, -0.1) is 11.3 Å². The summed E-state index contributed by atoms with van der Waals surface area (Å²) >= 11 is 1.37. The van der Waals surface area contributed by atoms with Crippen LogP contribution in [0, 0.1) is 12.7 Å². The summed E-state index contributed by atoms with van der Waals surface area (Å²) in [6.45, 7) is 1.66. The molecule has 2 N–H and O–H groups in total. The third-order valence-electron chi connectivity index (χ3n) is 4.62. The summed E-state index contributed by atoms with van der Waals surface area (Å²) in [5.74, 6) is -0.0104. The van der Waals surface area contributed by atoms with Crippen LogP contribution in [0.2, 0.25) is 0 Å². The number of hydrogen-bond donors (Lipinski definition) is 2. The minimum atomic E-state index is -0.299. The summed E-state index contributed by atoms with van der Waals surface area (Å²) in [4.78, 5) is 29.2. The van der Waals surface area contributed by atoms with E-state index < -0.39 is 0 Å². The van der Waals surface area contributed by atoms with Crippen molar-refractivity contribution in [3.63, 3.8) is 0 Å². The molecule has 2 aromatic carbocycles. The lowest BCUT2D eigenvalue weighted by Crippen LogP contribution is -2.13. The standard InChI is InChI=1S/C23H19FN4O3S/c1-14-13-15(4-9-18(14)24)22-27-21(31-28-22)11-10-20(29)25-16-5-7-17(8-6-16)26-23(30)19-3-2-12-32-19/h2-9,12-13H,10-11H2,1H3,(H,25,29)(H,26,30). The molecule has 4 aromatic rings. The second-order valence-corrected chi connectivity index (χ2v) is 7.98. The van der Waals surface area contributed by atoms with Crippen molar-refractivity contribution in [1.29, 1.82) is 0 Å². The molecule has 0 spiro atoms. The van der Waals surface area contributed by atoms with Crippen LogP contribution in [0.1, 0.15) is 27.5 Å². The van der Waals surface area contributed by atoms with Gasteiger partial charge in [0.1, 0.15) is 5.82 Å². The fourth-order valence-corrected chi connectivity index (χ4v) is 3.56. The number of hydrogen-bond acceptors (Lipinski definition) is 6. The van der Waals surface area contributed by atoms with Crippen molar-refractivity contribution in [2.45, 2.75) is 19.8 Å². The van der Waals surface area contributed by atoms with Crippen molar-refractivity contribution < 1.29 is 18.5 Å². The van der Waals surface area contributed by atoms with E-state index in [1.165, 1.54) is 17.4 Å². The Morgan fingerprint density at radius 2 is 1.81 bits per heavy atom. The van der Waals surface area contributed by atoms with Gasteiger partial charge in [-0.1, -0.05) is 11.2 Å². The number of aryl methyl sites for hydroxylation is 2. The number of benzene rings is 2. The highest BCUT2D eigenvalue weighted by molar-refractivity contribution is 7.12. The van der Waals surface area contributed by atoms with E-state index in [1.54, 1.807) is 49.4 Å². The highest BCUT2D eigenvalue weighted by Gasteiger charge is 2.12. The van der Waals surface area contributed by atoms with Crippen LogP contribution in [0.3, 0.4) is 0 Å². The van der Waals surface area contributed by atoms with Crippen molar-refractivity contribution in [3.8, 4) is 11.4 Å². The van der Waals surface area contributed by atoms with Gasteiger partial charge in [0.15, 0.2) is 0 Å². The Morgan fingerprint density at radius 1 is 1.06 bits per heavy atom. The highest BCUT2D eigenvalue weighted by Crippen LogP contribution is 2.20. The van der Waals surface area contributed by atoms with Crippen LogP contribution in [0.15, 0.2) is 64.5 Å². The van der Waals surface area contributed by atoms with Crippen LogP contribution in [-0.2, 0) is 11.2 Å². The predicted octanol–water partition coefficient (Wildman–Crippen LogP) is 5.07. The second kappa shape index (κ2) is 9.52. The molecule has 4 rings (SSSR count). The maximum atomic E-state index is 13.4. The number of rotatable bonds is 7. The van der Waals surface area contributed by atoms with Gasteiger partial charge in [0.25, 0.3) is 5.91 Å². The smallest absolute Gasteiger partial charge is 0.265 e. The molecule has 0 bridgehead atoms. The lowest BCUT2D eigenvalue weighted by molar-refractivity contribution is -0.116. The third kappa shape index (κ3) is 5.25. The summed E-state index contributed by atoms with van der Waals surface area (Å²) in [6, 6.07) is 15.0. The fraction of sp³-hybridized carbons (Fsp3) is 0.130. The Labute approximate surface area is 187 Å². The van der Waals surface area contributed by atoms with E-state index in [9.17, 15) is 14.0 Å². The van der Waals surface area contributed by atoms with Crippen molar-refractivity contribution in [3.05, 3.63) is 82.1 Å². The van der Waals surface area contributed by atoms with Crippen molar-refractivity contribution in [2.75, 3.05) is 10.6 Å². The summed E-state index contributed by atoms with van der Waals surface area (Å²) < 4.78 is 18.6. The molecule has 9 heteroatoms. The average molecular weight is 450 g/mol. The quantitative estimate of drug-likeness (QED) is 0.410. The van der Waals surface area contributed by atoms with E-state index in [0.29, 0.717) is 39.1 Å². The van der Waals surface area contributed by atoms with Crippen molar-refractivity contribution in [2.24, 2.45) is 0 Å². The molecule has 0 saturated carbocycles. The lowest BCUT2D eigenvalue weighted by Gasteiger charge is -2.07. The number of aromatic nitrogens is 2. The summed E-state index contributed by atoms with van der Waals surface area (Å²) in [5.41, 5.74) is 2.38. The zero-order valence-electron chi connectivity index (χ0n) is 17.1. The average Bonchev–Trinajstić information content (AvgIpc) is 3.48. The van der Waals surface area contributed by atoms with E-state index in [4.69, 9.17) is 4.52 Å². The maximum Gasteiger partial charge on any atom is 0.265 e. The number of halogens is 1. The maximum absolute atomic E-state index is 13.4. The number of carbonyl (C=O) groups is 2. The zero-order valence-corrected chi connectivity index (χ0v) is 17.9. The molecule has 0 aliphatic carbocycles. The first-order valence-electron chi connectivity index (χ1n) is 9.82. The predicted molar refractivity (Wildman–Crippen MR) is 120 cm³/mol. The molecule has 2 heterocycles. The molecule has 0 fully saturated rings. The summed E-state index contributed by atoms with van der Waals surface area (Å²) in [5, 5.41) is 11.3. The number of thiophene rings is 1. The molecular weight excluding hydrogens is 431 g/mol. The Kier molecular flexibility index (Phi) is 6.37. The van der Waals surface area contributed by atoms with Crippen LogP contribution < -0.4 is 10.6 Å². The Hall–Kier alpha value is -3.85. The molecular formula is C23H19FN4O3S. The Bertz CT molecular complexity index is 1240. The SMILES string of the molecule is Cc1cc(-c2noc(CCC(=O)Nc3ccc(NC(=O)c4cccs4)cc3)n2)ccc1F. The second-order valence-electron chi connectivity index (χ2n) is 7.03. The topological polar surface area (TPSA) is 97.1 Å². The molecule has 0 aliphatic rings. The van der Waals surface area contributed by atoms with Crippen LogP contribution >= 0.6 is 11.3 Å². The normalized spacial score (nSPS) is 10.7. The molecule has 2 aromatic heterocycles. The molecule has 32 heavy (non-hydrogen) atoms. The van der Waals surface area contributed by atoms with Gasteiger partial charge in [-0.2, -0.15) is 4.98 Å². The first-order valence-corrected chi connectivity index (χ1v) is 10.7. The Morgan fingerprint density at radius 3 is 2.50 bits per heavy atom. The van der Waals surface area contributed by atoms with Crippen LogP contribution in [-0.4, -0.2) is 22.0 Å². The number of carbonyl (C=O) groups excluding carboxylic acids is 2.